The monoisotopic (exact) mass is 793 g/mol. The molecule has 0 aliphatic carbocycles. The second-order valence-corrected chi connectivity index (χ2v) is 15.3. The van der Waals surface area contributed by atoms with Crippen molar-refractivity contribution in [3.63, 3.8) is 0 Å². The molecule has 0 saturated carbocycles. The van der Waals surface area contributed by atoms with Crippen molar-refractivity contribution >= 4 is 43.7 Å². The fourth-order valence-electron chi connectivity index (χ4n) is 8.71. The molecule has 290 valence electrons. The standard InChI is InChI=1S/C55H35N7/c1-6-18-36(19-7-1)50-49-45-35-41(31-33-48(45)61(42-26-14-5-15-27-42)54(49)58-51(56-50)37-20-8-2-9-21-37)40-30-32-47-44(34-40)43-28-16-17-29-46(43)62(47)55-59-52(38-22-10-3-11-23-38)57-53(60-55)39-24-12-4-13-25-39/h1-35H. The van der Waals surface area contributed by atoms with Crippen LogP contribution in [-0.4, -0.2) is 34.1 Å². The van der Waals surface area contributed by atoms with Crippen molar-refractivity contribution < 1.29 is 0 Å². The molecule has 7 heteroatoms. The van der Waals surface area contributed by atoms with Gasteiger partial charge >= 0.3 is 0 Å². The molecule has 4 heterocycles. The quantitative estimate of drug-likeness (QED) is 0.161. The Balaban J connectivity index is 1.08. The zero-order chi connectivity index (χ0) is 41.0. The molecule has 0 amide bonds. The van der Waals surface area contributed by atoms with Crippen molar-refractivity contribution in [2.75, 3.05) is 0 Å². The van der Waals surface area contributed by atoms with Gasteiger partial charge < -0.3 is 0 Å². The minimum absolute atomic E-state index is 0.565. The molecule has 12 aromatic rings. The molecule has 0 bridgehead atoms. The van der Waals surface area contributed by atoms with Crippen molar-refractivity contribution in [3.05, 3.63) is 212 Å². The van der Waals surface area contributed by atoms with E-state index in [1.165, 1.54) is 0 Å². The van der Waals surface area contributed by atoms with Gasteiger partial charge in [0.2, 0.25) is 5.95 Å². The summed E-state index contributed by atoms with van der Waals surface area (Å²) in [5.74, 6) is 2.49. The van der Waals surface area contributed by atoms with Crippen molar-refractivity contribution in [2.24, 2.45) is 0 Å². The molecule has 12 rings (SSSR count). The van der Waals surface area contributed by atoms with Gasteiger partial charge in [0.05, 0.1) is 27.6 Å². The lowest BCUT2D eigenvalue weighted by Crippen LogP contribution is -2.06. The average molecular weight is 794 g/mol. The average Bonchev–Trinajstić information content (AvgIpc) is 3.87. The molecule has 0 aliphatic heterocycles. The van der Waals surface area contributed by atoms with Gasteiger partial charge in [0, 0.05) is 44.1 Å². The first-order valence-electron chi connectivity index (χ1n) is 20.7. The number of rotatable bonds is 7. The largest absolute Gasteiger partial charge is 0.294 e. The molecule has 7 nitrogen and oxygen atoms in total. The van der Waals surface area contributed by atoms with Gasteiger partial charge in [-0.2, -0.15) is 9.97 Å². The molecule has 62 heavy (non-hydrogen) atoms. The summed E-state index contributed by atoms with van der Waals surface area (Å²) in [5, 5.41) is 4.30. The highest BCUT2D eigenvalue weighted by Crippen LogP contribution is 2.41. The third-order valence-electron chi connectivity index (χ3n) is 11.6. The van der Waals surface area contributed by atoms with E-state index in [0.29, 0.717) is 23.4 Å². The van der Waals surface area contributed by atoms with E-state index in [0.717, 1.165) is 88.5 Å². The lowest BCUT2D eigenvalue weighted by molar-refractivity contribution is 0.953. The van der Waals surface area contributed by atoms with Crippen LogP contribution in [-0.2, 0) is 0 Å². The van der Waals surface area contributed by atoms with Gasteiger partial charge in [0.15, 0.2) is 17.5 Å². The summed E-state index contributed by atoms with van der Waals surface area (Å²) in [6.45, 7) is 0. The van der Waals surface area contributed by atoms with Crippen LogP contribution in [0.3, 0.4) is 0 Å². The van der Waals surface area contributed by atoms with Gasteiger partial charge in [-0.3, -0.25) is 9.13 Å². The molecule has 0 saturated heterocycles. The van der Waals surface area contributed by atoms with Crippen LogP contribution in [0.5, 0.6) is 0 Å². The van der Waals surface area contributed by atoms with Crippen LogP contribution in [0.15, 0.2) is 212 Å². The number of para-hydroxylation sites is 2. The normalized spacial score (nSPS) is 11.5. The lowest BCUT2D eigenvalue weighted by atomic mass is 9.99. The summed E-state index contributed by atoms with van der Waals surface area (Å²) in [6.07, 6.45) is 0. The Labute approximate surface area is 356 Å². The van der Waals surface area contributed by atoms with Gasteiger partial charge in [-0.25, -0.2) is 15.0 Å². The zero-order valence-corrected chi connectivity index (χ0v) is 33.3. The van der Waals surface area contributed by atoms with Crippen LogP contribution in [0.25, 0.3) is 112 Å². The second-order valence-electron chi connectivity index (χ2n) is 15.3. The molecule has 0 atom stereocenters. The molecule has 0 aliphatic rings. The predicted molar refractivity (Wildman–Crippen MR) is 251 cm³/mol. The third-order valence-corrected chi connectivity index (χ3v) is 11.6. The SMILES string of the molecule is c1ccc(-c2nc(-c3ccccc3)nc(-n3c4ccccc4c4cc(-c5ccc6c(c5)c5c(-c7ccccc7)nc(-c7ccccc7)nc5n6-c5ccccc5)ccc43)n2)cc1. The number of nitrogens with zero attached hydrogens (tertiary/aromatic N) is 7. The molecule has 0 radical (unpaired) electrons. The Morgan fingerprint density at radius 3 is 1.32 bits per heavy atom. The predicted octanol–water partition coefficient (Wildman–Crippen LogP) is 13.2. The second kappa shape index (κ2) is 14.6. The van der Waals surface area contributed by atoms with Gasteiger partial charge in [0.25, 0.3) is 0 Å². The van der Waals surface area contributed by atoms with Gasteiger partial charge in [0.1, 0.15) is 5.65 Å². The van der Waals surface area contributed by atoms with Crippen LogP contribution in [0.2, 0.25) is 0 Å². The van der Waals surface area contributed by atoms with Gasteiger partial charge in [-0.15, -0.1) is 0 Å². The molecule has 0 N–H and O–H groups in total. The fraction of sp³-hybridized carbons (Fsp3) is 0. The minimum Gasteiger partial charge on any atom is -0.294 e. The molecule has 0 fully saturated rings. The van der Waals surface area contributed by atoms with Gasteiger partial charge in [-0.05, 0) is 53.6 Å². The number of aromatic nitrogens is 7. The Morgan fingerprint density at radius 1 is 0.290 bits per heavy atom. The van der Waals surface area contributed by atoms with Crippen molar-refractivity contribution in [2.45, 2.75) is 0 Å². The highest BCUT2D eigenvalue weighted by molar-refractivity contribution is 6.15. The minimum atomic E-state index is 0.565. The van der Waals surface area contributed by atoms with Crippen LogP contribution >= 0.6 is 0 Å². The lowest BCUT2D eigenvalue weighted by Gasteiger charge is -2.11. The van der Waals surface area contributed by atoms with E-state index in [4.69, 9.17) is 24.9 Å². The molecule has 0 unspecified atom stereocenters. The first-order valence-corrected chi connectivity index (χ1v) is 20.7. The topological polar surface area (TPSA) is 74.3 Å². The third kappa shape index (κ3) is 5.94. The van der Waals surface area contributed by atoms with E-state index in [9.17, 15) is 0 Å². The first kappa shape index (κ1) is 35.4. The molecule has 0 spiro atoms. The zero-order valence-electron chi connectivity index (χ0n) is 33.3. The molecule has 4 aromatic heterocycles. The highest BCUT2D eigenvalue weighted by Gasteiger charge is 2.23. The van der Waals surface area contributed by atoms with E-state index in [2.05, 4.69) is 130 Å². The maximum absolute atomic E-state index is 5.34. The summed E-state index contributed by atoms with van der Waals surface area (Å²) < 4.78 is 4.44. The van der Waals surface area contributed by atoms with Crippen LogP contribution in [0.1, 0.15) is 0 Å². The maximum Gasteiger partial charge on any atom is 0.238 e. The Hall–Kier alpha value is -8.55. The van der Waals surface area contributed by atoms with Crippen molar-refractivity contribution in [1.82, 2.24) is 34.1 Å². The summed E-state index contributed by atoms with van der Waals surface area (Å²) in [7, 11) is 0. The maximum atomic E-state index is 5.34. The summed E-state index contributed by atoms with van der Waals surface area (Å²) in [4.78, 5) is 25.9. The first-order chi connectivity index (χ1) is 30.7. The number of fused-ring (bicyclic) bond motifs is 6. The van der Waals surface area contributed by atoms with E-state index in [1.54, 1.807) is 0 Å². The van der Waals surface area contributed by atoms with Gasteiger partial charge in [-0.1, -0.05) is 170 Å². The number of hydrogen-bond donors (Lipinski definition) is 0. The molecule has 8 aromatic carbocycles. The van der Waals surface area contributed by atoms with Crippen molar-refractivity contribution in [1.29, 1.82) is 0 Å². The smallest absolute Gasteiger partial charge is 0.238 e. The summed E-state index contributed by atoms with van der Waals surface area (Å²) in [5.41, 5.74) is 11.9. The van der Waals surface area contributed by atoms with Crippen LogP contribution in [0, 0.1) is 0 Å². The molecular weight excluding hydrogens is 759 g/mol. The number of hydrogen-bond acceptors (Lipinski definition) is 5. The Bertz CT molecular complexity index is 3550. The molecular formula is C55H35N7. The summed E-state index contributed by atoms with van der Waals surface area (Å²) >= 11 is 0. The van der Waals surface area contributed by atoms with E-state index in [-0.39, 0.29) is 0 Å². The highest BCUT2D eigenvalue weighted by atomic mass is 15.2. The van der Waals surface area contributed by atoms with Crippen LogP contribution < -0.4 is 0 Å². The Morgan fingerprint density at radius 2 is 0.742 bits per heavy atom. The van der Waals surface area contributed by atoms with E-state index < -0.39 is 0 Å². The number of benzene rings is 8. The van der Waals surface area contributed by atoms with Crippen molar-refractivity contribution in [3.8, 4) is 68.2 Å². The van der Waals surface area contributed by atoms with E-state index >= 15 is 0 Å². The van der Waals surface area contributed by atoms with E-state index in [1.807, 2.05) is 91.0 Å². The van der Waals surface area contributed by atoms with Crippen LogP contribution in [0.4, 0.5) is 0 Å². The fourth-order valence-corrected chi connectivity index (χ4v) is 8.71. The Kier molecular flexibility index (Phi) is 8.35. The summed E-state index contributed by atoms with van der Waals surface area (Å²) in [6, 6.07) is 73.3.